The first-order valence-electron chi connectivity index (χ1n) is 4.42. The van der Waals surface area contributed by atoms with E-state index in [1.807, 2.05) is 0 Å². The lowest BCUT2D eigenvalue weighted by Crippen LogP contribution is -2.57. The molecule has 1 unspecified atom stereocenters. The van der Waals surface area contributed by atoms with Gasteiger partial charge in [0.2, 0.25) is 0 Å². The molecule has 2 saturated heterocycles. The van der Waals surface area contributed by atoms with E-state index >= 15 is 0 Å². The van der Waals surface area contributed by atoms with E-state index in [2.05, 4.69) is 28.9 Å². The van der Waals surface area contributed by atoms with Crippen LogP contribution in [0.4, 0.5) is 0 Å². The van der Waals surface area contributed by atoms with Gasteiger partial charge in [-0.05, 0) is 6.92 Å². The van der Waals surface area contributed by atoms with Crippen LogP contribution in [0.5, 0.6) is 0 Å². The van der Waals surface area contributed by atoms with Crippen molar-refractivity contribution in [3.8, 4) is 0 Å². The second-order valence-electron chi connectivity index (χ2n) is 3.48. The lowest BCUT2D eigenvalue weighted by molar-refractivity contribution is 0.134. The molecule has 2 aliphatic rings. The first-order valence-corrected chi connectivity index (χ1v) is 5.57. The number of hydrogen-bond donors (Lipinski definition) is 1. The van der Waals surface area contributed by atoms with Gasteiger partial charge in [-0.2, -0.15) is 11.8 Å². The summed E-state index contributed by atoms with van der Waals surface area (Å²) in [5.74, 6) is 2.73. The van der Waals surface area contributed by atoms with Crippen LogP contribution in [-0.4, -0.2) is 48.1 Å². The number of rotatable bonds is 1. The molecule has 0 aromatic heterocycles. The SMILES string of the molecule is CC1CNCCN1C1CSC1. The van der Waals surface area contributed by atoms with Crippen LogP contribution < -0.4 is 5.32 Å². The Morgan fingerprint density at radius 2 is 2.27 bits per heavy atom. The predicted octanol–water partition coefficient (Wildman–Crippen LogP) is 0.395. The van der Waals surface area contributed by atoms with E-state index in [1.54, 1.807) is 0 Å². The van der Waals surface area contributed by atoms with Crippen LogP contribution in [0.3, 0.4) is 0 Å². The highest BCUT2D eigenvalue weighted by Crippen LogP contribution is 2.25. The summed E-state index contributed by atoms with van der Waals surface area (Å²) in [7, 11) is 0. The van der Waals surface area contributed by atoms with Gasteiger partial charge in [-0.1, -0.05) is 0 Å². The molecular weight excluding hydrogens is 156 g/mol. The minimum atomic E-state index is 0.759. The van der Waals surface area contributed by atoms with Crippen LogP contribution in [0.15, 0.2) is 0 Å². The number of piperazine rings is 1. The van der Waals surface area contributed by atoms with Crippen molar-refractivity contribution in [3.05, 3.63) is 0 Å². The van der Waals surface area contributed by atoms with Crippen molar-refractivity contribution >= 4 is 11.8 Å². The summed E-state index contributed by atoms with van der Waals surface area (Å²) in [6.07, 6.45) is 0. The van der Waals surface area contributed by atoms with Gasteiger partial charge in [0.05, 0.1) is 0 Å². The molecule has 3 heteroatoms. The zero-order chi connectivity index (χ0) is 7.68. The molecule has 64 valence electrons. The molecule has 0 saturated carbocycles. The molecule has 0 spiro atoms. The molecule has 0 amide bonds. The lowest BCUT2D eigenvalue weighted by atomic mass is 10.1. The normalized spacial score (nSPS) is 35.2. The molecule has 0 aromatic rings. The largest absolute Gasteiger partial charge is 0.314 e. The topological polar surface area (TPSA) is 15.3 Å². The highest BCUT2D eigenvalue weighted by atomic mass is 32.2. The van der Waals surface area contributed by atoms with Gasteiger partial charge in [0.15, 0.2) is 0 Å². The third kappa shape index (κ3) is 1.55. The van der Waals surface area contributed by atoms with Gasteiger partial charge in [-0.25, -0.2) is 0 Å². The fourth-order valence-corrected chi connectivity index (χ4v) is 2.64. The summed E-state index contributed by atoms with van der Waals surface area (Å²) in [5.41, 5.74) is 0. The van der Waals surface area contributed by atoms with Crippen molar-refractivity contribution in [2.75, 3.05) is 31.1 Å². The van der Waals surface area contributed by atoms with Crippen molar-refractivity contribution in [1.82, 2.24) is 10.2 Å². The first kappa shape index (κ1) is 7.90. The highest BCUT2D eigenvalue weighted by molar-refractivity contribution is 8.00. The fraction of sp³-hybridized carbons (Fsp3) is 1.00. The molecular formula is C8H16N2S. The maximum absolute atomic E-state index is 3.42. The fourth-order valence-electron chi connectivity index (χ4n) is 1.81. The van der Waals surface area contributed by atoms with E-state index < -0.39 is 0 Å². The molecule has 2 aliphatic heterocycles. The number of nitrogens with zero attached hydrogens (tertiary/aromatic N) is 1. The summed E-state index contributed by atoms with van der Waals surface area (Å²) in [4.78, 5) is 2.66. The average Bonchev–Trinajstić information content (AvgIpc) is 1.90. The highest BCUT2D eigenvalue weighted by Gasteiger charge is 2.30. The van der Waals surface area contributed by atoms with Crippen LogP contribution in [0.25, 0.3) is 0 Å². The van der Waals surface area contributed by atoms with Gasteiger partial charge in [-0.3, -0.25) is 4.90 Å². The molecule has 0 radical (unpaired) electrons. The molecule has 2 nitrogen and oxygen atoms in total. The van der Waals surface area contributed by atoms with Crippen LogP contribution in [0.1, 0.15) is 6.92 Å². The van der Waals surface area contributed by atoms with Crippen molar-refractivity contribution < 1.29 is 0 Å². The van der Waals surface area contributed by atoms with E-state index in [-0.39, 0.29) is 0 Å². The quantitative estimate of drug-likeness (QED) is 0.616. The van der Waals surface area contributed by atoms with Crippen molar-refractivity contribution in [2.45, 2.75) is 19.0 Å². The van der Waals surface area contributed by atoms with Gasteiger partial charge in [0.25, 0.3) is 0 Å². The Hall–Kier alpha value is 0.270. The van der Waals surface area contributed by atoms with Gasteiger partial charge in [0, 0.05) is 43.2 Å². The molecule has 0 bridgehead atoms. The third-order valence-corrected chi connectivity index (χ3v) is 3.88. The van der Waals surface area contributed by atoms with Gasteiger partial charge >= 0.3 is 0 Å². The minimum absolute atomic E-state index is 0.759. The van der Waals surface area contributed by atoms with E-state index in [0.29, 0.717) is 0 Å². The van der Waals surface area contributed by atoms with Crippen LogP contribution in [-0.2, 0) is 0 Å². The maximum Gasteiger partial charge on any atom is 0.0280 e. The average molecular weight is 172 g/mol. The van der Waals surface area contributed by atoms with Crippen LogP contribution in [0, 0.1) is 0 Å². The monoisotopic (exact) mass is 172 g/mol. The predicted molar refractivity (Wildman–Crippen MR) is 50.2 cm³/mol. The second kappa shape index (κ2) is 3.33. The number of hydrogen-bond acceptors (Lipinski definition) is 3. The Labute approximate surface area is 72.7 Å². The van der Waals surface area contributed by atoms with E-state index in [0.717, 1.165) is 12.1 Å². The van der Waals surface area contributed by atoms with Gasteiger partial charge in [-0.15, -0.1) is 0 Å². The minimum Gasteiger partial charge on any atom is -0.314 e. The zero-order valence-corrected chi connectivity index (χ0v) is 7.86. The summed E-state index contributed by atoms with van der Waals surface area (Å²) in [5, 5.41) is 3.42. The smallest absolute Gasteiger partial charge is 0.0280 e. The molecule has 1 N–H and O–H groups in total. The number of nitrogens with one attached hydrogen (secondary N) is 1. The Bertz CT molecular complexity index is 134. The van der Waals surface area contributed by atoms with Gasteiger partial charge < -0.3 is 5.32 Å². The van der Waals surface area contributed by atoms with Gasteiger partial charge in [0.1, 0.15) is 0 Å². The molecule has 2 fully saturated rings. The Morgan fingerprint density at radius 1 is 1.45 bits per heavy atom. The Morgan fingerprint density at radius 3 is 2.82 bits per heavy atom. The summed E-state index contributed by atoms with van der Waals surface area (Å²) >= 11 is 2.08. The molecule has 0 aliphatic carbocycles. The molecule has 1 atom stereocenters. The number of thioether (sulfide) groups is 1. The Balaban J connectivity index is 1.88. The molecule has 11 heavy (non-hydrogen) atoms. The second-order valence-corrected chi connectivity index (χ2v) is 4.56. The van der Waals surface area contributed by atoms with Crippen molar-refractivity contribution in [2.24, 2.45) is 0 Å². The maximum atomic E-state index is 3.42. The lowest BCUT2D eigenvalue weighted by Gasteiger charge is -2.43. The Kier molecular flexibility index (Phi) is 2.39. The standard InChI is InChI=1S/C8H16N2S/c1-7-4-9-2-3-10(7)8-5-11-6-8/h7-9H,2-6H2,1H3. The van der Waals surface area contributed by atoms with E-state index in [1.165, 1.54) is 31.1 Å². The van der Waals surface area contributed by atoms with Crippen LogP contribution >= 0.6 is 11.8 Å². The third-order valence-electron chi connectivity index (χ3n) is 2.64. The summed E-state index contributed by atoms with van der Waals surface area (Å²) in [6, 6.07) is 1.66. The summed E-state index contributed by atoms with van der Waals surface area (Å²) < 4.78 is 0. The molecule has 2 rings (SSSR count). The van der Waals surface area contributed by atoms with Crippen molar-refractivity contribution in [1.29, 1.82) is 0 Å². The summed E-state index contributed by atoms with van der Waals surface area (Å²) in [6.45, 7) is 5.95. The van der Waals surface area contributed by atoms with Crippen LogP contribution in [0.2, 0.25) is 0 Å². The van der Waals surface area contributed by atoms with E-state index in [9.17, 15) is 0 Å². The van der Waals surface area contributed by atoms with E-state index in [4.69, 9.17) is 0 Å². The molecule has 0 aromatic carbocycles. The van der Waals surface area contributed by atoms with Crippen molar-refractivity contribution in [3.63, 3.8) is 0 Å². The zero-order valence-electron chi connectivity index (χ0n) is 7.05. The first-order chi connectivity index (χ1) is 5.38. The molecule has 2 heterocycles.